The van der Waals surface area contributed by atoms with Crippen LogP contribution in [-0.2, 0) is 14.6 Å². The van der Waals surface area contributed by atoms with Crippen LogP contribution in [0.25, 0.3) is 0 Å². The molecule has 1 aromatic rings. The zero-order valence-corrected chi connectivity index (χ0v) is 13.8. The van der Waals surface area contributed by atoms with Gasteiger partial charge in [0.05, 0.1) is 17.6 Å². The Hall–Kier alpha value is -0.910. The molecule has 0 radical (unpaired) electrons. The lowest BCUT2D eigenvalue weighted by Crippen LogP contribution is -2.43. The van der Waals surface area contributed by atoms with Crippen LogP contribution in [0.1, 0.15) is 43.4 Å². The molecule has 5 heteroatoms. The molecule has 2 rings (SSSR count). The Labute approximate surface area is 127 Å². The van der Waals surface area contributed by atoms with Gasteiger partial charge >= 0.3 is 0 Å². The number of rotatable bonds is 6. The fraction of sp³-hybridized carbons (Fsp3) is 0.625. The van der Waals surface area contributed by atoms with E-state index >= 15 is 0 Å². The van der Waals surface area contributed by atoms with E-state index in [-0.39, 0.29) is 29.6 Å². The fourth-order valence-corrected chi connectivity index (χ4v) is 5.16. The third kappa shape index (κ3) is 3.47. The first kappa shape index (κ1) is 16.5. The van der Waals surface area contributed by atoms with Crippen molar-refractivity contribution in [2.24, 2.45) is 0 Å². The molecule has 0 amide bonds. The highest BCUT2D eigenvalue weighted by Gasteiger charge is 2.39. The summed E-state index contributed by atoms with van der Waals surface area (Å²) in [6, 6.07) is 8.06. The molecule has 1 aliphatic carbocycles. The third-order valence-corrected chi connectivity index (χ3v) is 6.40. The van der Waals surface area contributed by atoms with Gasteiger partial charge in [0.1, 0.15) is 0 Å². The van der Waals surface area contributed by atoms with E-state index in [4.69, 9.17) is 4.74 Å². The molecule has 0 saturated carbocycles. The van der Waals surface area contributed by atoms with Gasteiger partial charge < -0.3 is 10.1 Å². The molecule has 3 atom stereocenters. The normalized spacial score (nSPS) is 25.6. The second-order valence-corrected chi connectivity index (χ2v) is 8.04. The van der Waals surface area contributed by atoms with Crippen molar-refractivity contribution in [3.8, 4) is 0 Å². The average Bonchev–Trinajstić information content (AvgIpc) is 2.48. The molecule has 0 spiro atoms. The predicted octanol–water partition coefficient (Wildman–Crippen LogP) is 2.27. The molecule has 21 heavy (non-hydrogen) atoms. The Bertz CT molecular complexity index is 571. The van der Waals surface area contributed by atoms with Gasteiger partial charge in [-0.1, -0.05) is 38.1 Å². The summed E-state index contributed by atoms with van der Waals surface area (Å²) < 4.78 is 30.3. The number of ether oxygens (including phenoxy) is 1. The molecular formula is C16H25NO3S. The van der Waals surface area contributed by atoms with E-state index in [1.54, 1.807) is 0 Å². The van der Waals surface area contributed by atoms with Crippen molar-refractivity contribution in [3.05, 3.63) is 35.4 Å². The molecule has 0 heterocycles. The van der Waals surface area contributed by atoms with Crippen molar-refractivity contribution in [1.29, 1.82) is 0 Å². The molecule has 0 fully saturated rings. The lowest BCUT2D eigenvalue weighted by atomic mass is 9.80. The smallest absolute Gasteiger partial charge is 0.157 e. The molecule has 1 aliphatic rings. The molecule has 0 saturated heterocycles. The van der Waals surface area contributed by atoms with Crippen LogP contribution in [0.15, 0.2) is 24.3 Å². The molecule has 0 aliphatic heterocycles. The van der Waals surface area contributed by atoms with Crippen LogP contribution in [-0.4, -0.2) is 39.7 Å². The number of hydrogen-bond acceptors (Lipinski definition) is 4. The van der Waals surface area contributed by atoms with Crippen molar-refractivity contribution < 1.29 is 13.2 Å². The Morgan fingerprint density at radius 2 is 1.95 bits per heavy atom. The van der Waals surface area contributed by atoms with Crippen molar-refractivity contribution in [2.45, 2.75) is 37.5 Å². The number of benzene rings is 1. The van der Waals surface area contributed by atoms with Crippen molar-refractivity contribution in [3.63, 3.8) is 0 Å². The van der Waals surface area contributed by atoms with Gasteiger partial charge in [-0.3, -0.25) is 0 Å². The molecule has 4 nitrogen and oxygen atoms in total. The van der Waals surface area contributed by atoms with Gasteiger partial charge in [0.25, 0.3) is 0 Å². The number of sulfone groups is 1. The van der Waals surface area contributed by atoms with Gasteiger partial charge in [-0.15, -0.1) is 0 Å². The first-order valence-corrected chi connectivity index (χ1v) is 9.25. The van der Waals surface area contributed by atoms with Gasteiger partial charge in [-0.25, -0.2) is 8.42 Å². The highest BCUT2D eigenvalue weighted by molar-refractivity contribution is 7.92. The summed E-state index contributed by atoms with van der Waals surface area (Å²) in [5.74, 6) is 0.351. The fourth-order valence-electron chi connectivity index (χ4n) is 3.22. The quantitative estimate of drug-likeness (QED) is 0.875. The standard InChI is InChI=1S/C16H25NO3S/c1-4-17-16-14-8-6-5-7-13(14)12(2)11-15(16)21(18,19)10-9-20-3/h5-8,12,15-17H,4,9-11H2,1-3H3. The maximum absolute atomic E-state index is 12.7. The zero-order chi connectivity index (χ0) is 15.5. The van der Waals surface area contributed by atoms with Crippen LogP contribution in [0.2, 0.25) is 0 Å². The Morgan fingerprint density at radius 1 is 1.29 bits per heavy atom. The second kappa shape index (κ2) is 6.90. The van der Waals surface area contributed by atoms with Crippen LogP contribution in [0, 0.1) is 0 Å². The molecular weight excluding hydrogens is 286 g/mol. The largest absolute Gasteiger partial charge is 0.384 e. The molecule has 3 unspecified atom stereocenters. The highest BCUT2D eigenvalue weighted by Crippen LogP contribution is 2.40. The maximum Gasteiger partial charge on any atom is 0.157 e. The number of hydrogen-bond donors (Lipinski definition) is 1. The third-order valence-electron chi connectivity index (χ3n) is 4.28. The van der Waals surface area contributed by atoms with Crippen LogP contribution in [0.5, 0.6) is 0 Å². The predicted molar refractivity (Wildman–Crippen MR) is 85.3 cm³/mol. The monoisotopic (exact) mass is 311 g/mol. The first-order chi connectivity index (χ1) is 10.0. The maximum atomic E-state index is 12.7. The molecule has 0 aromatic heterocycles. The molecule has 1 aromatic carbocycles. The summed E-state index contributed by atoms with van der Waals surface area (Å²) in [5.41, 5.74) is 2.39. The SMILES string of the molecule is CCNC1c2ccccc2C(C)CC1S(=O)(=O)CCOC. The van der Waals surface area contributed by atoms with Crippen LogP contribution < -0.4 is 5.32 Å². The lowest BCUT2D eigenvalue weighted by molar-refractivity contribution is 0.216. The number of nitrogens with one attached hydrogen (secondary N) is 1. The van der Waals surface area contributed by atoms with Crippen molar-refractivity contribution in [2.75, 3.05) is 26.0 Å². The summed E-state index contributed by atoms with van der Waals surface area (Å²) in [6.45, 7) is 5.14. The summed E-state index contributed by atoms with van der Waals surface area (Å²) >= 11 is 0. The van der Waals surface area contributed by atoms with Crippen molar-refractivity contribution >= 4 is 9.84 Å². The van der Waals surface area contributed by atoms with Gasteiger partial charge in [-0.2, -0.15) is 0 Å². The Balaban J connectivity index is 2.38. The van der Waals surface area contributed by atoms with Crippen molar-refractivity contribution in [1.82, 2.24) is 5.32 Å². The second-order valence-electron chi connectivity index (χ2n) is 5.70. The molecule has 0 bridgehead atoms. The van der Waals surface area contributed by atoms with Gasteiger partial charge in [-0.05, 0) is 30.0 Å². The Morgan fingerprint density at radius 3 is 2.57 bits per heavy atom. The van der Waals surface area contributed by atoms with Gasteiger partial charge in [0, 0.05) is 13.2 Å². The minimum Gasteiger partial charge on any atom is -0.384 e. The van der Waals surface area contributed by atoms with Gasteiger partial charge in [0.2, 0.25) is 0 Å². The number of fused-ring (bicyclic) bond motifs is 1. The molecule has 118 valence electrons. The minimum atomic E-state index is -3.18. The van der Waals surface area contributed by atoms with E-state index in [0.29, 0.717) is 6.42 Å². The first-order valence-electron chi connectivity index (χ1n) is 7.54. The zero-order valence-electron chi connectivity index (χ0n) is 13.0. The van der Waals surface area contributed by atoms with E-state index in [1.165, 1.54) is 12.7 Å². The van der Waals surface area contributed by atoms with Crippen LogP contribution >= 0.6 is 0 Å². The summed E-state index contributed by atoms with van der Waals surface area (Å²) in [7, 11) is -1.64. The average molecular weight is 311 g/mol. The Kier molecular flexibility index (Phi) is 5.41. The molecule has 1 N–H and O–H groups in total. The summed E-state index contributed by atoms with van der Waals surface area (Å²) in [4.78, 5) is 0. The summed E-state index contributed by atoms with van der Waals surface area (Å²) in [6.07, 6.45) is 0.667. The van der Waals surface area contributed by atoms with Crippen LogP contribution in [0.4, 0.5) is 0 Å². The summed E-state index contributed by atoms with van der Waals surface area (Å²) in [5, 5.41) is 3.00. The van der Waals surface area contributed by atoms with E-state index in [0.717, 1.165) is 12.1 Å². The van der Waals surface area contributed by atoms with E-state index in [2.05, 4.69) is 24.4 Å². The van der Waals surface area contributed by atoms with E-state index < -0.39 is 9.84 Å². The van der Waals surface area contributed by atoms with Crippen LogP contribution in [0.3, 0.4) is 0 Å². The minimum absolute atomic E-state index is 0.0882. The highest BCUT2D eigenvalue weighted by atomic mass is 32.2. The topological polar surface area (TPSA) is 55.4 Å². The lowest BCUT2D eigenvalue weighted by Gasteiger charge is -2.37. The number of methoxy groups -OCH3 is 1. The van der Waals surface area contributed by atoms with E-state index in [1.807, 2.05) is 19.1 Å². The van der Waals surface area contributed by atoms with E-state index in [9.17, 15) is 8.42 Å². The van der Waals surface area contributed by atoms with Gasteiger partial charge in [0.15, 0.2) is 9.84 Å².